The van der Waals surface area contributed by atoms with Crippen LogP contribution >= 0.6 is 11.8 Å². The monoisotopic (exact) mass is 285 g/mol. The standard InChI is InChI=1S/C14H23NO3S/c1-2-3-6-19-8-11(16)15-13-10-5-4-9(7-10)12(13)14(17)18/h9-10,12-13H,2-8H2,1H3,(H,15,16)(H,17,18). The smallest absolute Gasteiger partial charge is 0.308 e. The van der Waals surface area contributed by atoms with Crippen molar-refractivity contribution in [2.45, 2.75) is 45.1 Å². The molecule has 2 aliphatic carbocycles. The second kappa shape index (κ2) is 6.64. The van der Waals surface area contributed by atoms with Crippen molar-refractivity contribution in [3.63, 3.8) is 0 Å². The van der Waals surface area contributed by atoms with Crippen LogP contribution in [0.4, 0.5) is 0 Å². The van der Waals surface area contributed by atoms with Gasteiger partial charge in [0.1, 0.15) is 0 Å². The first-order valence-corrected chi connectivity index (χ1v) is 8.38. The quantitative estimate of drug-likeness (QED) is 0.703. The van der Waals surface area contributed by atoms with Gasteiger partial charge in [-0.15, -0.1) is 0 Å². The topological polar surface area (TPSA) is 66.4 Å². The molecule has 4 nitrogen and oxygen atoms in total. The molecular formula is C14H23NO3S. The molecule has 0 aromatic carbocycles. The molecule has 0 heterocycles. The highest BCUT2D eigenvalue weighted by Crippen LogP contribution is 2.48. The van der Waals surface area contributed by atoms with Crippen LogP contribution in [-0.2, 0) is 9.59 Å². The van der Waals surface area contributed by atoms with Gasteiger partial charge in [0.25, 0.3) is 0 Å². The fourth-order valence-corrected chi connectivity index (χ4v) is 4.40. The number of hydrogen-bond donors (Lipinski definition) is 2. The van der Waals surface area contributed by atoms with Crippen LogP contribution in [0.2, 0.25) is 0 Å². The van der Waals surface area contributed by atoms with Crippen molar-refractivity contribution in [1.82, 2.24) is 5.32 Å². The van der Waals surface area contributed by atoms with Crippen molar-refractivity contribution < 1.29 is 14.7 Å². The maximum Gasteiger partial charge on any atom is 0.308 e. The summed E-state index contributed by atoms with van der Waals surface area (Å²) in [7, 11) is 0. The number of aliphatic carboxylic acids is 1. The summed E-state index contributed by atoms with van der Waals surface area (Å²) in [4.78, 5) is 23.2. The van der Waals surface area contributed by atoms with Crippen LogP contribution in [-0.4, -0.2) is 34.5 Å². The maximum atomic E-state index is 11.9. The van der Waals surface area contributed by atoms with E-state index in [2.05, 4.69) is 12.2 Å². The first kappa shape index (κ1) is 14.7. The van der Waals surface area contributed by atoms with E-state index in [-0.39, 0.29) is 23.8 Å². The Morgan fingerprint density at radius 3 is 2.74 bits per heavy atom. The van der Waals surface area contributed by atoms with Crippen LogP contribution in [0.25, 0.3) is 0 Å². The van der Waals surface area contributed by atoms with Gasteiger partial charge in [-0.3, -0.25) is 9.59 Å². The Hall–Kier alpha value is -0.710. The largest absolute Gasteiger partial charge is 0.481 e. The van der Waals surface area contributed by atoms with E-state index >= 15 is 0 Å². The summed E-state index contributed by atoms with van der Waals surface area (Å²) < 4.78 is 0. The average molecular weight is 285 g/mol. The molecule has 5 heteroatoms. The lowest BCUT2D eigenvalue weighted by molar-refractivity contribution is -0.144. The molecule has 4 unspecified atom stereocenters. The van der Waals surface area contributed by atoms with E-state index in [1.54, 1.807) is 11.8 Å². The van der Waals surface area contributed by atoms with Gasteiger partial charge in [-0.1, -0.05) is 13.3 Å². The van der Waals surface area contributed by atoms with Gasteiger partial charge in [-0.2, -0.15) is 11.8 Å². The van der Waals surface area contributed by atoms with Gasteiger partial charge >= 0.3 is 5.97 Å². The molecule has 2 fully saturated rings. The number of thioether (sulfide) groups is 1. The number of carbonyl (C=O) groups is 2. The Labute approximate surface area is 118 Å². The fourth-order valence-electron chi connectivity index (χ4n) is 3.49. The molecule has 0 saturated heterocycles. The molecule has 108 valence electrons. The molecule has 0 radical (unpaired) electrons. The fraction of sp³-hybridized carbons (Fsp3) is 0.857. The lowest BCUT2D eigenvalue weighted by Crippen LogP contribution is -2.47. The second-order valence-electron chi connectivity index (χ2n) is 5.70. The number of fused-ring (bicyclic) bond motifs is 2. The van der Waals surface area contributed by atoms with Crippen molar-refractivity contribution in [2.75, 3.05) is 11.5 Å². The molecule has 0 aliphatic heterocycles. The number of carboxylic acid groups (broad SMARTS) is 1. The maximum absolute atomic E-state index is 11.9. The summed E-state index contributed by atoms with van der Waals surface area (Å²) in [5.74, 6) is 1.03. The summed E-state index contributed by atoms with van der Waals surface area (Å²) >= 11 is 1.64. The number of hydrogen-bond acceptors (Lipinski definition) is 3. The van der Waals surface area contributed by atoms with Crippen LogP contribution in [0.1, 0.15) is 39.0 Å². The Morgan fingerprint density at radius 2 is 2.05 bits per heavy atom. The Balaban J connectivity index is 1.80. The molecular weight excluding hydrogens is 262 g/mol. The van der Waals surface area contributed by atoms with E-state index < -0.39 is 5.97 Å². The van der Waals surface area contributed by atoms with Gasteiger partial charge in [-0.05, 0) is 43.3 Å². The number of unbranched alkanes of at least 4 members (excludes halogenated alkanes) is 1. The third-order valence-corrected chi connectivity index (χ3v) is 5.45. The van der Waals surface area contributed by atoms with E-state index in [9.17, 15) is 14.7 Å². The molecule has 0 aromatic heterocycles. The van der Waals surface area contributed by atoms with Gasteiger partial charge < -0.3 is 10.4 Å². The molecule has 0 aromatic rings. The van der Waals surface area contributed by atoms with E-state index in [1.807, 2.05) is 0 Å². The number of rotatable bonds is 7. The van der Waals surface area contributed by atoms with Crippen molar-refractivity contribution in [2.24, 2.45) is 17.8 Å². The van der Waals surface area contributed by atoms with Crippen molar-refractivity contribution in [1.29, 1.82) is 0 Å². The van der Waals surface area contributed by atoms with E-state index in [0.29, 0.717) is 11.7 Å². The normalized spacial score (nSPS) is 32.5. The van der Waals surface area contributed by atoms with Crippen LogP contribution in [0.5, 0.6) is 0 Å². The highest BCUT2D eigenvalue weighted by molar-refractivity contribution is 7.99. The first-order chi connectivity index (χ1) is 9.13. The van der Waals surface area contributed by atoms with Crippen LogP contribution in [0, 0.1) is 17.8 Å². The zero-order chi connectivity index (χ0) is 13.8. The molecule has 4 atom stereocenters. The predicted octanol–water partition coefficient (Wildman–Crippen LogP) is 2.14. The number of nitrogens with one attached hydrogen (secondary N) is 1. The molecule has 1 amide bonds. The van der Waals surface area contributed by atoms with Gasteiger partial charge in [-0.25, -0.2) is 0 Å². The minimum atomic E-state index is -0.740. The van der Waals surface area contributed by atoms with Gasteiger partial charge in [0.15, 0.2) is 0 Å². The SMILES string of the molecule is CCCCSCC(=O)NC1C2CCC(C2)C1C(=O)O. The Morgan fingerprint density at radius 1 is 1.32 bits per heavy atom. The van der Waals surface area contributed by atoms with Gasteiger partial charge in [0.05, 0.1) is 11.7 Å². The van der Waals surface area contributed by atoms with E-state index in [0.717, 1.165) is 37.9 Å². The minimum Gasteiger partial charge on any atom is -0.481 e. The third-order valence-electron chi connectivity index (χ3n) is 4.40. The first-order valence-electron chi connectivity index (χ1n) is 7.23. The van der Waals surface area contributed by atoms with Crippen molar-refractivity contribution >= 4 is 23.6 Å². The molecule has 2 N–H and O–H groups in total. The third kappa shape index (κ3) is 3.44. The molecule has 2 bridgehead atoms. The van der Waals surface area contributed by atoms with Crippen LogP contribution in [0.3, 0.4) is 0 Å². The lowest BCUT2D eigenvalue weighted by Gasteiger charge is -2.28. The zero-order valence-corrected chi connectivity index (χ0v) is 12.2. The summed E-state index contributed by atoms with van der Waals surface area (Å²) in [6, 6.07) is -0.129. The molecule has 2 rings (SSSR count). The molecule has 19 heavy (non-hydrogen) atoms. The highest BCUT2D eigenvalue weighted by atomic mass is 32.2. The number of carbonyl (C=O) groups excluding carboxylic acids is 1. The average Bonchev–Trinajstić information content (AvgIpc) is 2.95. The minimum absolute atomic E-state index is 0.00454. The zero-order valence-electron chi connectivity index (χ0n) is 11.4. The summed E-state index contributed by atoms with van der Waals surface area (Å²) in [5.41, 5.74) is 0. The molecule has 0 spiro atoms. The summed E-state index contributed by atoms with van der Waals surface area (Å²) in [5, 5.41) is 12.3. The van der Waals surface area contributed by atoms with E-state index in [1.165, 1.54) is 0 Å². The Kier molecular flexibility index (Phi) is 5.13. The van der Waals surface area contributed by atoms with Gasteiger partial charge in [0.2, 0.25) is 5.91 Å². The number of amides is 1. The predicted molar refractivity (Wildman–Crippen MR) is 76.1 cm³/mol. The van der Waals surface area contributed by atoms with Crippen molar-refractivity contribution in [3.8, 4) is 0 Å². The van der Waals surface area contributed by atoms with Crippen LogP contribution in [0.15, 0.2) is 0 Å². The van der Waals surface area contributed by atoms with Crippen LogP contribution < -0.4 is 5.32 Å². The molecule has 2 aliphatic rings. The van der Waals surface area contributed by atoms with E-state index in [4.69, 9.17) is 0 Å². The lowest BCUT2D eigenvalue weighted by atomic mass is 9.84. The van der Waals surface area contributed by atoms with Crippen molar-refractivity contribution in [3.05, 3.63) is 0 Å². The van der Waals surface area contributed by atoms with Gasteiger partial charge in [0, 0.05) is 6.04 Å². The summed E-state index contributed by atoms with van der Waals surface area (Å²) in [6.07, 6.45) is 5.33. The summed E-state index contributed by atoms with van der Waals surface area (Å²) in [6.45, 7) is 2.13. The number of carboxylic acids is 1. The highest BCUT2D eigenvalue weighted by Gasteiger charge is 2.51. The Bertz CT molecular complexity index is 348. The molecule has 2 saturated carbocycles. The second-order valence-corrected chi connectivity index (χ2v) is 6.80.